The third-order valence-electron chi connectivity index (χ3n) is 1.71. The van der Waals surface area contributed by atoms with Crippen molar-refractivity contribution in [2.24, 2.45) is 0 Å². The van der Waals surface area contributed by atoms with E-state index in [1.807, 2.05) is 0 Å². The van der Waals surface area contributed by atoms with E-state index < -0.39 is 0 Å². The maximum atomic E-state index is 5.06. The molecule has 0 saturated heterocycles. The van der Waals surface area contributed by atoms with Gasteiger partial charge in [0.1, 0.15) is 0 Å². The third kappa shape index (κ3) is 2.09. The van der Waals surface area contributed by atoms with Gasteiger partial charge < -0.3 is 0 Å². The molecule has 0 bridgehead atoms. The number of benzene rings is 1. The predicted molar refractivity (Wildman–Crippen MR) is 47.8 cm³/mol. The van der Waals surface area contributed by atoms with E-state index in [1.165, 1.54) is 11.1 Å². The summed E-state index contributed by atoms with van der Waals surface area (Å²) in [6.07, 6.45) is 1.08. The normalized spacial score (nSPS) is 9.09. The van der Waals surface area contributed by atoms with Crippen molar-refractivity contribution in [1.29, 1.82) is 0 Å². The van der Waals surface area contributed by atoms with Crippen LogP contribution in [0.15, 0.2) is 24.3 Å². The van der Waals surface area contributed by atoms with Crippen LogP contribution in [0.3, 0.4) is 0 Å². The molecule has 0 spiro atoms. The largest absolute Gasteiger partial charge is 0.288 e. The van der Waals surface area contributed by atoms with Crippen LogP contribution in [-0.4, -0.2) is 0 Å². The Morgan fingerprint density at radius 2 is 1.73 bits per heavy atom. The van der Waals surface area contributed by atoms with E-state index in [1.54, 1.807) is 0 Å². The van der Waals surface area contributed by atoms with Gasteiger partial charge in [0.05, 0.1) is 0 Å². The minimum Gasteiger partial charge on any atom is -0.0817 e. The molecule has 0 fully saturated rings. The van der Waals surface area contributed by atoms with Crippen LogP contribution >= 0.6 is 0 Å². The summed E-state index contributed by atoms with van der Waals surface area (Å²) in [5.74, 6) is 0. The molecule has 0 aliphatic carbocycles. The fraction of sp³-hybridized carbons (Fsp3) is 0.300. The van der Waals surface area contributed by atoms with Crippen molar-refractivity contribution in [3.8, 4) is 6.57 Å². The van der Waals surface area contributed by atoms with E-state index in [9.17, 15) is 0 Å². The Labute approximate surface area is 67.5 Å². The minimum absolute atomic E-state index is 0.615. The van der Waals surface area contributed by atoms with Gasteiger partial charge in [-0.15, -0.1) is 0 Å². The molecule has 11 heavy (non-hydrogen) atoms. The SMILES string of the molecule is C#[N+]Cc1ccc(CC)cc1. The minimum atomic E-state index is 0.615. The molecule has 0 heterocycles. The Bertz CT molecular complexity index is 253. The molecule has 0 radical (unpaired) electrons. The van der Waals surface area contributed by atoms with Gasteiger partial charge in [0, 0.05) is 5.56 Å². The number of rotatable bonds is 2. The van der Waals surface area contributed by atoms with Gasteiger partial charge >= 0.3 is 0 Å². The van der Waals surface area contributed by atoms with Gasteiger partial charge in [-0.3, -0.25) is 0 Å². The fourth-order valence-electron chi connectivity index (χ4n) is 0.986. The summed E-state index contributed by atoms with van der Waals surface area (Å²) in [6, 6.07) is 8.35. The van der Waals surface area contributed by atoms with E-state index in [-0.39, 0.29) is 0 Å². The van der Waals surface area contributed by atoms with Crippen molar-refractivity contribution in [3.05, 3.63) is 40.2 Å². The number of hydrogen-bond acceptors (Lipinski definition) is 0. The molecule has 56 valence electrons. The Hall–Kier alpha value is -1.29. The molecule has 0 aliphatic heterocycles. The van der Waals surface area contributed by atoms with Gasteiger partial charge in [-0.2, -0.15) is 0 Å². The summed E-state index contributed by atoms with van der Waals surface area (Å²) in [5, 5.41) is 0. The number of hydrogen-bond donors (Lipinski definition) is 0. The molecule has 1 aromatic rings. The van der Waals surface area contributed by atoms with Gasteiger partial charge in [-0.05, 0) is 12.0 Å². The second-order valence-electron chi connectivity index (χ2n) is 2.51. The topological polar surface area (TPSA) is 4.36 Å². The molecule has 1 nitrogen and oxygen atoms in total. The zero-order chi connectivity index (χ0) is 8.10. The van der Waals surface area contributed by atoms with E-state index in [0.717, 1.165) is 6.42 Å². The van der Waals surface area contributed by atoms with Gasteiger partial charge in [-0.1, -0.05) is 36.0 Å². The lowest BCUT2D eigenvalue weighted by atomic mass is 10.1. The average molecular weight is 146 g/mol. The van der Waals surface area contributed by atoms with Crippen molar-refractivity contribution in [3.63, 3.8) is 0 Å². The average Bonchev–Trinajstić information content (AvgIpc) is 2.07. The van der Waals surface area contributed by atoms with Crippen LogP contribution in [0.25, 0.3) is 4.85 Å². The van der Waals surface area contributed by atoms with Crippen LogP contribution in [0.1, 0.15) is 18.1 Å². The lowest BCUT2D eigenvalue weighted by Gasteiger charge is -1.94. The van der Waals surface area contributed by atoms with E-state index in [2.05, 4.69) is 36.0 Å². The summed E-state index contributed by atoms with van der Waals surface area (Å²) < 4.78 is 0. The summed E-state index contributed by atoms with van der Waals surface area (Å²) >= 11 is 0. The van der Waals surface area contributed by atoms with Crippen molar-refractivity contribution in [2.75, 3.05) is 0 Å². The van der Waals surface area contributed by atoms with Crippen LogP contribution in [-0.2, 0) is 13.0 Å². The lowest BCUT2D eigenvalue weighted by molar-refractivity contribution is 1.13. The van der Waals surface area contributed by atoms with Gasteiger partial charge in [0.25, 0.3) is 13.1 Å². The number of nitrogens with zero attached hydrogens (tertiary/aromatic N) is 1. The Morgan fingerprint density at radius 3 is 2.18 bits per heavy atom. The van der Waals surface area contributed by atoms with Crippen LogP contribution in [0, 0.1) is 6.57 Å². The highest BCUT2D eigenvalue weighted by molar-refractivity contribution is 5.23. The molecule has 0 unspecified atom stereocenters. The number of aryl methyl sites for hydroxylation is 1. The van der Waals surface area contributed by atoms with Crippen LogP contribution < -0.4 is 0 Å². The quantitative estimate of drug-likeness (QED) is 0.604. The fourth-order valence-corrected chi connectivity index (χ4v) is 0.986. The highest BCUT2D eigenvalue weighted by Gasteiger charge is 1.95. The van der Waals surface area contributed by atoms with Crippen molar-refractivity contribution < 1.29 is 0 Å². The van der Waals surface area contributed by atoms with E-state index in [4.69, 9.17) is 6.57 Å². The first-order chi connectivity index (χ1) is 5.36. The zero-order valence-electron chi connectivity index (χ0n) is 6.75. The van der Waals surface area contributed by atoms with E-state index >= 15 is 0 Å². The maximum Gasteiger partial charge on any atom is 0.288 e. The van der Waals surface area contributed by atoms with Gasteiger partial charge in [-0.25, -0.2) is 0 Å². The van der Waals surface area contributed by atoms with Gasteiger partial charge in [0.2, 0.25) is 0 Å². The summed E-state index contributed by atoms with van der Waals surface area (Å²) in [7, 11) is 0. The second kappa shape index (κ2) is 3.78. The standard InChI is InChI=1S/C10H12N/c1-3-9-4-6-10(7-5-9)8-11-2/h2,4-7H,3,8H2,1H3/q+1. The molecule has 0 aromatic heterocycles. The zero-order valence-corrected chi connectivity index (χ0v) is 6.75. The molecule has 1 rings (SSSR count). The lowest BCUT2D eigenvalue weighted by Crippen LogP contribution is -1.81. The smallest absolute Gasteiger partial charge is 0.0817 e. The molecule has 1 aromatic carbocycles. The monoisotopic (exact) mass is 146 g/mol. The van der Waals surface area contributed by atoms with E-state index in [0.29, 0.717) is 6.54 Å². The Balaban J connectivity index is 2.76. The van der Waals surface area contributed by atoms with Crippen molar-refractivity contribution in [1.82, 2.24) is 0 Å². The Kier molecular flexibility index (Phi) is 2.68. The molecule has 0 saturated carbocycles. The highest BCUT2D eigenvalue weighted by atomic mass is 14.6. The molecular weight excluding hydrogens is 134 g/mol. The summed E-state index contributed by atoms with van der Waals surface area (Å²) in [6.45, 7) is 7.81. The molecular formula is C10H12N+. The highest BCUT2D eigenvalue weighted by Crippen LogP contribution is 2.05. The summed E-state index contributed by atoms with van der Waals surface area (Å²) in [5.41, 5.74) is 2.52. The first-order valence-electron chi connectivity index (χ1n) is 3.81. The maximum absolute atomic E-state index is 5.06. The molecule has 1 heteroatoms. The van der Waals surface area contributed by atoms with Crippen LogP contribution in [0.2, 0.25) is 0 Å². The van der Waals surface area contributed by atoms with Crippen LogP contribution in [0.5, 0.6) is 0 Å². The molecule has 0 aliphatic rings. The Morgan fingerprint density at radius 1 is 1.18 bits per heavy atom. The molecule has 0 amide bonds. The van der Waals surface area contributed by atoms with Crippen molar-refractivity contribution >= 4 is 0 Å². The van der Waals surface area contributed by atoms with Gasteiger partial charge in [0.15, 0.2) is 0 Å². The van der Waals surface area contributed by atoms with Crippen LogP contribution in [0.4, 0.5) is 0 Å². The summed E-state index contributed by atoms with van der Waals surface area (Å²) in [4.78, 5) is 3.56. The predicted octanol–water partition coefficient (Wildman–Crippen LogP) is 2.71. The first-order valence-corrected chi connectivity index (χ1v) is 3.81. The molecule has 0 atom stereocenters. The third-order valence-corrected chi connectivity index (χ3v) is 1.71. The first kappa shape index (κ1) is 7.81. The van der Waals surface area contributed by atoms with Crippen molar-refractivity contribution in [2.45, 2.75) is 19.9 Å². The molecule has 0 N–H and O–H groups in total. The second-order valence-corrected chi connectivity index (χ2v) is 2.51.